The minimum absolute atomic E-state index is 0.0448. The van der Waals surface area contributed by atoms with Gasteiger partial charge in [0.25, 0.3) is 29.1 Å². The van der Waals surface area contributed by atoms with Crippen LogP contribution in [0, 0.1) is 20.2 Å². The molecule has 2 atom stereocenters. The van der Waals surface area contributed by atoms with Gasteiger partial charge in [0.15, 0.2) is 0 Å². The zero-order valence-electron chi connectivity index (χ0n) is 16.8. The number of fused-ring (bicyclic) bond motifs is 1. The lowest BCUT2D eigenvalue weighted by Gasteiger charge is -2.48. The number of anilines is 1. The normalized spacial score (nSPS) is 19.3. The van der Waals surface area contributed by atoms with E-state index in [1.165, 1.54) is 35.6 Å². The maximum absolute atomic E-state index is 13.4. The van der Waals surface area contributed by atoms with Gasteiger partial charge in [0.1, 0.15) is 23.3 Å². The van der Waals surface area contributed by atoms with E-state index in [0.29, 0.717) is 9.78 Å². The van der Waals surface area contributed by atoms with Crippen LogP contribution in [0.3, 0.4) is 0 Å². The monoisotopic (exact) mass is 498 g/mol. The Bertz CT molecular complexity index is 1420. The number of carbonyl (C=O) groups is 3. The Hall–Kier alpha value is -4.16. The van der Waals surface area contributed by atoms with Gasteiger partial charge in [-0.15, -0.1) is 11.3 Å². The summed E-state index contributed by atoms with van der Waals surface area (Å²) in [4.78, 5) is 63.7. The fourth-order valence-electron chi connectivity index (χ4n) is 4.27. The second-order valence-electron chi connectivity index (χ2n) is 7.44. The lowest BCUT2D eigenvalue weighted by atomic mass is 9.90. The summed E-state index contributed by atoms with van der Waals surface area (Å²) in [5.41, 5.74) is -1.56. The molecule has 0 spiro atoms. The van der Waals surface area contributed by atoms with Crippen LogP contribution in [0.5, 0.6) is 0 Å². The maximum Gasteiger partial charge on any atom is 0.294 e. The van der Waals surface area contributed by atoms with E-state index < -0.39 is 51.0 Å². The molecule has 1 fully saturated rings. The van der Waals surface area contributed by atoms with E-state index in [1.807, 2.05) is 0 Å². The van der Waals surface area contributed by atoms with Gasteiger partial charge in [0.2, 0.25) is 0 Å². The van der Waals surface area contributed by atoms with E-state index in [1.54, 1.807) is 17.5 Å². The largest absolute Gasteiger partial charge is 0.294 e. The van der Waals surface area contributed by atoms with Crippen LogP contribution in [0.1, 0.15) is 31.6 Å². The summed E-state index contributed by atoms with van der Waals surface area (Å²) in [7, 11) is 0. The Morgan fingerprint density at radius 3 is 2.24 bits per heavy atom. The second kappa shape index (κ2) is 7.71. The van der Waals surface area contributed by atoms with Crippen molar-refractivity contribution >= 4 is 57.7 Å². The number of benzene rings is 2. The number of halogens is 1. The molecule has 11 nitrogen and oxygen atoms in total. The molecule has 2 aliphatic rings. The second-order valence-corrected chi connectivity index (χ2v) is 8.86. The predicted octanol–water partition coefficient (Wildman–Crippen LogP) is 3.97. The van der Waals surface area contributed by atoms with E-state index in [2.05, 4.69) is 0 Å². The number of carbonyl (C=O) groups excluding carboxylic acids is 3. The van der Waals surface area contributed by atoms with Gasteiger partial charge in [-0.25, -0.2) is 0 Å². The Morgan fingerprint density at radius 1 is 0.853 bits per heavy atom. The first kappa shape index (κ1) is 21.7. The molecule has 0 saturated carbocycles. The van der Waals surface area contributed by atoms with Gasteiger partial charge >= 0.3 is 0 Å². The van der Waals surface area contributed by atoms with Crippen LogP contribution in [-0.4, -0.2) is 38.5 Å². The van der Waals surface area contributed by atoms with Crippen molar-refractivity contribution in [1.29, 1.82) is 0 Å². The van der Waals surface area contributed by atoms with E-state index in [-0.39, 0.29) is 21.8 Å². The molecule has 3 heterocycles. The first-order valence-electron chi connectivity index (χ1n) is 9.68. The SMILES string of the molecule is O=C1c2cccc([N+](=O)[O-])c2C(=O)N1[C@H]1C(=O)N(c2ccc(Cl)cc2[N+](=O)[O-])[C@@H]1c1cccs1. The molecule has 34 heavy (non-hydrogen) atoms. The summed E-state index contributed by atoms with van der Waals surface area (Å²) >= 11 is 7.14. The minimum Gasteiger partial charge on any atom is -0.293 e. The highest BCUT2D eigenvalue weighted by molar-refractivity contribution is 7.10. The lowest BCUT2D eigenvalue weighted by Crippen LogP contribution is -2.67. The summed E-state index contributed by atoms with van der Waals surface area (Å²) in [6.45, 7) is 0. The molecule has 1 aromatic heterocycles. The molecule has 5 rings (SSSR count). The first-order chi connectivity index (χ1) is 16.2. The summed E-state index contributed by atoms with van der Waals surface area (Å²) in [6.07, 6.45) is 0. The molecule has 2 aromatic carbocycles. The molecule has 0 aliphatic carbocycles. The van der Waals surface area contributed by atoms with Crippen LogP contribution < -0.4 is 4.90 Å². The molecular weight excluding hydrogens is 488 g/mol. The van der Waals surface area contributed by atoms with E-state index in [9.17, 15) is 34.6 Å². The quantitative estimate of drug-likeness (QED) is 0.224. The van der Waals surface area contributed by atoms with Gasteiger partial charge in [-0.1, -0.05) is 23.7 Å². The molecule has 0 N–H and O–H groups in total. The summed E-state index contributed by atoms with van der Waals surface area (Å²) in [5, 5.41) is 24.9. The number of nitro groups is 2. The third-order valence-corrected chi connectivity index (χ3v) is 6.87. The summed E-state index contributed by atoms with van der Waals surface area (Å²) < 4.78 is 0. The van der Waals surface area contributed by atoms with Gasteiger partial charge < -0.3 is 0 Å². The zero-order chi connectivity index (χ0) is 24.3. The van der Waals surface area contributed by atoms with Gasteiger partial charge in [0.05, 0.1) is 15.4 Å². The van der Waals surface area contributed by atoms with Gasteiger partial charge in [-0.3, -0.25) is 44.4 Å². The highest BCUT2D eigenvalue weighted by Gasteiger charge is 2.59. The molecule has 0 radical (unpaired) electrons. The zero-order valence-corrected chi connectivity index (χ0v) is 18.4. The molecule has 13 heteroatoms. The highest BCUT2D eigenvalue weighted by Crippen LogP contribution is 2.48. The van der Waals surface area contributed by atoms with Gasteiger partial charge in [-0.2, -0.15) is 0 Å². The number of nitrogens with zero attached hydrogens (tertiary/aromatic N) is 4. The Balaban J connectivity index is 1.62. The van der Waals surface area contributed by atoms with Crippen LogP contribution in [0.2, 0.25) is 5.02 Å². The fourth-order valence-corrected chi connectivity index (χ4v) is 5.28. The molecule has 0 unspecified atom stereocenters. The van der Waals surface area contributed by atoms with Crippen LogP contribution in [0.15, 0.2) is 53.9 Å². The fraction of sp³-hybridized carbons (Fsp3) is 0.0952. The number of hydrogen-bond acceptors (Lipinski definition) is 8. The minimum atomic E-state index is -1.33. The van der Waals surface area contributed by atoms with Crippen molar-refractivity contribution in [3.63, 3.8) is 0 Å². The van der Waals surface area contributed by atoms with Crippen LogP contribution in [0.25, 0.3) is 0 Å². The molecule has 170 valence electrons. The summed E-state index contributed by atoms with van der Waals surface area (Å²) in [5.74, 6) is -2.53. The predicted molar refractivity (Wildman–Crippen MR) is 120 cm³/mol. The molecule has 1 saturated heterocycles. The Morgan fingerprint density at radius 2 is 1.59 bits per heavy atom. The number of imide groups is 1. The van der Waals surface area contributed by atoms with E-state index >= 15 is 0 Å². The number of thiophene rings is 1. The van der Waals surface area contributed by atoms with Crippen molar-refractivity contribution in [2.75, 3.05) is 4.90 Å². The average Bonchev–Trinajstić information content (AvgIpc) is 3.41. The third kappa shape index (κ3) is 2.99. The molecule has 3 amide bonds. The Labute approximate surface area is 199 Å². The van der Waals surface area contributed by atoms with Crippen LogP contribution in [0.4, 0.5) is 17.1 Å². The van der Waals surface area contributed by atoms with Crippen LogP contribution >= 0.6 is 22.9 Å². The number of amides is 3. The number of nitro benzene ring substituents is 2. The van der Waals surface area contributed by atoms with Crippen molar-refractivity contribution in [3.05, 3.63) is 95.2 Å². The number of hydrogen-bond donors (Lipinski definition) is 0. The average molecular weight is 499 g/mol. The maximum atomic E-state index is 13.4. The van der Waals surface area contributed by atoms with E-state index in [4.69, 9.17) is 11.6 Å². The van der Waals surface area contributed by atoms with Crippen LogP contribution in [-0.2, 0) is 4.79 Å². The lowest BCUT2D eigenvalue weighted by molar-refractivity contribution is -0.385. The smallest absolute Gasteiger partial charge is 0.293 e. The molecule has 3 aromatic rings. The molecule has 0 bridgehead atoms. The molecular formula is C21H11ClN4O7S. The Kier molecular flexibility index (Phi) is 4.92. The van der Waals surface area contributed by atoms with Crippen molar-refractivity contribution in [1.82, 2.24) is 4.90 Å². The van der Waals surface area contributed by atoms with Crippen molar-refractivity contribution in [2.45, 2.75) is 12.1 Å². The van der Waals surface area contributed by atoms with Crippen molar-refractivity contribution in [3.8, 4) is 0 Å². The van der Waals surface area contributed by atoms with Gasteiger partial charge in [-0.05, 0) is 29.6 Å². The molecule has 2 aliphatic heterocycles. The van der Waals surface area contributed by atoms with Crippen molar-refractivity contribution < 1.29 is 24.2 Å². The van der Waals surface area contributed by atoms with Gasteiger partial charge in [0, 0.05) is 22.0 Å². The number of rotatable bonds is 5. The highest BCUT2D eigenvalue weighted by atomic mass is 35.5. The van der Waals surface area contributed by atoms with Crippen molar-refractivity contribution in [2.24, 2.45) is 0 Å². The first-order valence-corrected chi connectivity index (χ1v) is 10.9. The van der Waals surface area contributed by atoms with E-state index in [0.717, 1.165) is 17.0 Å². The number of β-lactam (4-membered cyclic amide) rings is 1. The standard InChI is InChI=1S/C21H11ClN4O7S/c22-10-6-7-12(14(9-10)26(32)33)23-17(15-5-2-8-34-15)18(21(23)29)24-19(27)11-3-1-4-13(25(30)31)16(11)20(24)28/h1-9,17-18H/t17-,18-/m1/s1. The topological polar surface area (TPSA) is 144 Å². The summed E-state index contributed by atoms with van der Waals surface area (Å²) in [6, 6.07) is 8.61. The third-order valence-electron chi connectivity index (χ3n) is 5.70.